The fourth-order valence-corrected chi connectivity index (χ4v) is 3.51. The lowest BCUT2D eigenvalue weighted by Crippen LogP contribution is -2.50. The molecule has 0 aliphatic carbocycles. The molecule has 4 heteroatoms. The molecule has 0 saturated carbocycles. The Balaban J connectivity index is 1.76. The summed E-state index contributed by atoms with van der Waals surface area (Å²) in [4.78, 5) is 19.5. The molecule has 1 unspecified atom stereocenters. The fraction of sp³-hybridized carbons (Fsp3) is 0.381. The third-order valence-electron chi connectivity index (χ3n) is 4.90. The van der Waals surface area contributed by atoms with E-state index < -0.39 is 0 Å². The molecule has 0 aromatic heterocycles. The molecule has 3 rings (SSSR count). The molecule has 1 saturated heterocycles. The second-order valence-corrected chi connectivity index (χ2v) is 6.63. The molecule has 4 nitrogen and oxygen atoms in total. The van der Waals surface area contributed by atoms with E-state index in [-0.39, 0.29) is 11.9 Å². The lowest BCUT2D eigenvalue weighted by molar-refractivity contribution is -0.121. The number of carbonyl (C=O) groups excluding carboxylic acids is 1. The quantitative estimate of drug-likeness (QED) is 0.839. The van der Waals surface area contributed by atoms with Gasteiger partial charge in [0.05, 0.1) is 6.54 Å². The number of piperazine rings is 1. The van der Waals surface area contributed by atoms with Gasteiger partial charge in [0.1, 0.15) is 0 Å². The minimum Gasteiger partial charge on any atom is -0.312 e. The summed E-state index contributed by atoms with van der Waals surface area (Å²) in [7, 11) is 2.15. The van der Waals surface area contributed by atoms with Crippen LogP contribution in [0.25, 0.3) is 0 Å². The first-order chi connectivity index (χ1) is 12.2. The molecular formula is C21H27N3O. The Kier molecular flexibility index (Phi) is 5.84. The highest BCUT2D eigenvalue weighted by molar-refractivity contribution is 5.94. The van der Waals surface area contributed by atoms with Crippen molar-refractivity contribution in [1.82, 2.24) is 9.80 Å². The highest BCUT2D eigenvalue weighted by Crippen LogP contribution is 2.25. The van der Waals surface area contributed by atoms with Gasteiger partial charge >= 0.3 is 0 Å². The normalized spacial score (nSPS) is 18.9. The number of likely N-dealkylation sites (N-methyl/N-ethyl adjacent to an activating group) is 2. The van der Waals surface area contributed by atoms with Crippen LogP contribution in [0.15, 0.2) is 60.7 Å². The summed E-state index contributed by atoms with van der Waals surface area (Å²) in [6, 6.07) is 20.7. The number of nitrogens with zero attached hydrogens (tertiary/aromatic N) is 3. The summed E-state index contributed by atoms with van der Waals surface area (Å²) < 4.78 is 0. The van der Waals surface area contributed by atoms with Crippen LogP contribution in [0.3, 0.4) is 0 Å². The molecule has 1 aliphatic rings. The van der Waals surface area contributed by atoms with E-state index in [0.29, 0.717) is 13.1 Å². The predicted octanol–water partition coefficient (Wildman–Crippen LogP) is 3.03. The van der Waals surface area contributed by atoms with Gasteiger partial charge in [-0.2, -0.15) is 0 Å². The maximum Gasteiger partial charge on any atom is 0.241 e. The van der Waals surface area contributed by atoms with E-state index in [4.69, 9.17) is 0 Å². The first kappa shape index (κ1) is 17.6. The summed E-state index contributed by atoms with van der Waals surface area (Å²) in [6.45, 7) is 6.03. The monoisotopic (exact) mass is 337 g/mol. The van der Waals surface area contributed by atoms with Crippen LogP contribution >= 0.6 is 0 Å². The minimum absolute atomic E-state index is 0.166. The van der Waals surface area contributed by atoms with E-state index in [2.05, 4.69) is 41.1 Å². The molecule has 1 fully saturated rings. The Hall–Kier alpha value is -2.17. The number of carbonyl (C=O) groups is 1. The highest BCUT2D eigenvalue weighted by Gasteiger charge is 2.29. The van der Waals surface area contributed by atoms with Crippen molar-refractivity contribution in [3.63, 3.8) is 0 Å². The Morgan fingerprint density at radius 1 is 1.04 bits per heavy atom. The van der Waals surface area contributed by atoms with Crippen LogP contribution in [-0.2, 0) is 4.79 Å². The summed E-state index contributed by atoms with van der Waals surface area (Å²) in [5.74, 6) is 0.166. The number of benzene rings is 2. The lowest BCUT2D eigenvalue weighted by atomic mass is 10.0. The van der Waals surface area contributed by atoms with Gasteiger partial charge < -0.3 is 9.80 Å². The zero-order valence-corrected chi connectivity index (χ0v) is 15.1. The zero-order valence-electron chi connectivity index (χ0n) is 15.1. The molecule has 1 heterocycles. The van der Waals surface area contributed by atoms with Gasteiger partial charge in [-0.3, -0.25) is 9.69 Å². The molecule has 2 aromatic rings. The van der Waals surface area contributed by atoms with Crippen LogP contribution < -0.4 is 4.90 Å². The first-order valence-electron chi connectivity index (χ1n) is 9.02. The molecule has 2 aromatic carbocycles. The van der Waals surface area contributed by atoms with Crippen molar-refractivity contribution >= 4 is 11.6 Å². The maximum absolute atomic E-state index is 13.0. The SMILES string of the molecule is CCN(C(=O)CN1CCN(C)CC1c1ccccc1)c1ccccc1. The van der Waals surface area contributed by atoms with E-state index in [0.717, 1.165) is 25.3 Å². The second kappa shape index (κ2) is 8.28. The highest BCUT2D eigenvalue weighted by atomic mass is 16.2. The van der Waals surface area contributed by atoms with Crippen molar-refractivity contribution in [1.29, 1.82) is 0 Å². The van der Waals surface area contributed by atoms with Crippen LogP contribution in [-0.4, -0.2) is 55.5 Å². The predicted molar refractivity (Wildman–Crippen MR) is 103 cm³/mol. The standard InChI is InChI=1S/C21H27N3O/c1-3-24(19-12-8-5-9-13-19)21(25)17-23-15-14-22(2)16-20(23)18-10-6-4-7-11-18/h4-13,20H,3,14-17H2,1-2H3. The summed E-state index contributed by atoms with van der Waals surface area (Å²) >= 11 is 0. The van der Waals surface area contributed by atoms with Crippen molar-refractivity contribution in [2.75, 3.05) is 44.7 Å². The van der Waals surface area contributed by atoms with Gasteiger partial charge in [0.2, 0.25) is 5.91 Å². The van der Waals surface area contributed by atoms with Crippen LogP contribution in [0.4, 0.5) is 5.69 Å². The van der Waals surface area contributed by atoms with Crippen molar-refractivity contribution in [3.8, 4) is 0 Å². The van der Waals surface area contributed by atoms with Gasteiger partial charge in [0, 0.05) is 37.9 Å². The minimum atomic E-state index is 0.166. The Labute approximate surface area is 150 Å². The van der Waals surface area contributed by atoms with E-state index >= 15 is 0 Å². The molecule has 0 bridgehead atoms. The van der Waals surface area contributed by atoms with Crippen molar-refractivity contribution in [2.45, 2.75) is 13.0 Å². The van der Waals surface area contributed by atoms with E-state index in [1.165, 1.54) is 5.56 Å². The molecule has 1 amide bonds. The molecule has 1 atom stereocenters. The smallest absolute Gasteiger partial charge is 0.241 e. The van der Waals surface area contributed by atoms with Gasteiger partial charge in [-0.25, -0.2) is 0 Å². The molecule has 0 radical (unpaired) electrons. The van der Waals surface area contributed by atoms with Crippen LogP contribution in [0.2, 0.25) is 0 Å². The number of hydrogen-bond acceptors (Lipinski definition) is 3. The third-order valence-corrected chi connectivity index (χ3v) is 4.90. The van der Waals surface area contributed by atoms with E-state index in [1.54, 1.807) is 0 Å². The van der Waals surface area contributed by atoms with Crippen molar-refractivity contribution in [2.24, 2.45) is 0 Å². The summed E-state index contributed by atoms with van der Waals surface area (Å²) in [6.07, 6.45) is 0. The topological polar surface area (TPSA) is 26.8 Å². The fourth-order valence-electron chi connectivity index (χ4n) is 3.51. The third kappa shape index (κ3) is 4.27. The average Bonchev–Trinajstić information content (AvgIpc) is 2.65. The van der Waals surface area contributed by atoms with Crippen LogP contribution in [0.5, 0.6) is 0 Å². The van der Waals surface area contributed by atoms with Crippen LogP contribution in [0.1, 0.15) is 18.5 Å². The molecule has 132 valence electrons. The molecule has 1 aliphatic heterocycles. The van der Waals surface area contributed by atoms with E-state index in [1.807, 2.05) is 48.2 Å². The van der Waals surface area contributed by atoms with Gasteiger partial charge in [0.15, 0.2) is 0 Å². The number of hydrogen-bond donors (Lipinski definition) is 0. The Bertz CT molecular complexity index is 674. The Morgan fingerprint density at radius 3 is 2.32 bits per heavy atom. The largest absolute Gasteiger partial charge is 0.312 e. The van der Waals surface area contributed by atoms with E-state index in [9.17, 15) is 4.79 Å². The van der Waals surface area contributed by atoms with Crippen LogP contribution in [0, 0.1) is 0 Å². The lowest BCUT2D eigenvalue weighted by Gasteiger charge is -2.40. The second-order valence-electron chi connectivity index (χ2n) is 6.63. The average molecular weight is 337 g/mol. The molecule has 0 N–H and O–H groups in total. The molecule has 0 spiro atoms. The first-order valence-corrected chi connectivity index (χ1v) is 9.02. The van der Waals surface area contributed by atoms with Gasteiger partial charge in [-0.15, -0.1) is 0 Å². The maximum atomic E-state index is 13.0. The van der Waals surface area contributed by atoms with Crippen molar-refractivity contribution in [3.05, 3.63) is 66.2 Å². The number of para-hydroxylation sites is 1. The zero-order chi connectivity index (χ0) is 17.6. The van der Waals surface area contributed by atoms with Gasteiger partial charge in [-0.05, 0) is 31.7 Å². The number of anilines is 1. The number of amides is 1. The molecular weight excluding hydrogens is 310 g/mol. The van der Waals surface area contributed by atoms with Gasteiger partial charge in [-0.1, -0.05) is 48.5 Å². The number of rotatable bonds is 5. The summed E-state index contributed by atoms with van der Waals surface area (Å²) in [5.41, 5.74) is 2.25. The van der Waals surface area contributed by atoms with Gasteiger partial charge in [0.25, 0.3) is 0 Å². The molecule has 25 heavy (non-hydrogen) atoms. The Morgan fingerprint density at radius 2 is 1.68 bits per heavy atom. The summed E-state index contributed by atoms with van der Waals surface area (Å²) in [5, 5.41) is 0. The van der Waals surface area contributed by atoms with Crippen molar-refractivity contribution < 1.29 is 4.79 Å².